The van der Waals surface area contributed by atoms with E-state index in [1.807, 2.05) is 54.6 Å². The van der Waals surface area contributed by atoms with Crippen LogP contribution in [0, 0.1) is 0 Å². The first-order valence-corrected chi connectivity index (χ1v) is 11.2. The summed E-state index contributed by atoms with van der Waals surface area (Å²) in [5, 5.41) is 13.8. The van der Waals surface area contributed by atoms with Gasteiger partial charge in [-0.05, 0) is 35.4 Å². The van der Waals surface area contributed by atoms with Crippen molar-refractivity contribution in [3.05, 3.63) is 108 Å². The summed E-state index contributed by atoms with van der Waals surface area (Å²) in [7, 11) is 0. The summed E-state index contributed by atoms with van der Waals surface area (Å²) in [6.07, 6.45) is -3.48. The van der Waals surface area contributed by atoms with Crippen molar-refractivity contribution in [2.24, 2.45) is 5.73 Å². The normalized spacial score (nSPS) is 11.6. The average molecular weight is 524 g/mol. The highest BCUT2D eigenvalue weighted by Gasteiger charge is 2.38. The van der Waals surface area contributed by atoms with Gasteiger partial charge in [0.05, 0.1) is 17.4 Å². The van der Waals surface area contributed by atoms with Crippen LogP contribution in [0.4, 0.5) is 18.9 Å². The first-order valence-electron chi connectivity index (χ1n) is 11.2. The molecule has 2 amide bonds. The third-order valence-electron chi connectivity index (χ3n) is 5.20. The molecule has 0 unspecified atom stereocenters. The Labute approximate surface area is 215 Å². The standard InChI is InChI=1S/C25H22N4O2.C2HF3O2/c26-15-17-7-6-11-20(13-17)24(30)29-23(18-8-2-1-3-9-18)25(31)28-21-14-19-10-4-5-12-22(19)27-16-21;3-2(4,5)1(6)7/h1-14,16,23H,15,26H2,(H,28,31)(H,29,30);(H,6,7)/t23-;/m1./s1. The first kappa shape index (κ1) is 27.8. The van der Waals surface area contributed by atoms with Crippen molar-refractivity contribution in [2.75, 3.05) is 5.32 Å². The van der Waals surface area contributed by atoms with Crippen molar-refractivity contribution < 1.29 is 32.7 Å². The number of carboxylic acid groups (broad SMARTS) is 1. The van der Waals surface area contributed by atoms with Gasteiger partial charge in [-0.1, -0.05) is 60.7 Å². The molecule has 1 atom stereocenters. The molecule has 1 aromatic heterocycles. The second-order valence-corrected chi connectivity index (χ2v) is 7.93. The molecule has 11 heteroatoms. The average Bonchev–Trinajstić information content (AvgIpc) is 2.91. The van der Waals surface area contributed by atoms with E-state index in [9.17, 15) is 22.8 Å². The number of hydrogen-bond donors (Lipinski definition) is 4. The number of rotatable bonds is 6. The molecule has 0 fully saturated rings. The van der Waals surface area contributed by atoms with Gasteiger partial charge in [0.2, 0.25) is 0 Å². The number of carboxylic acids is 1. The highest BCUT2D eigenvalue weighted by Crippen LogP contribution is 2.20. The first-order chi connectivity index (χ1) is 18.1. The van der Waals surface area contributed by atoms with Crippen molar-refractivity contribution in [1.82, 2.24) is 10.3 Å². The van der Waals surface area contributed by atoms with Gasteiger partial charge in [-0.15, -0.1) is 0 Å². The van der Waals surface area contributed by atoms with Crippen LogP contribution >= 0.6 is 0 Å². The SMILES string of the molecule is NCc1cccc(C(=O)N[C@@H](C(=O)Nc2cnc3ccccc3c2)c2ccccc2)c1.O=C(O)C(F)(F)F. The Morgan fingerprint density at radius 3 is 2.24 bits per heavy atom. The van der Waals surface area contributed by atoms with E-state index in [-0.39, 0.29) is 11.8 Å². The number of alkyl halides is 3. The molecule has 8 nitrogen and oxygen atoms in total. The van der Waals surface area contributed by atoms with Crippen LogP contribution in [0.15, 0.2) is 91.1 Å². The van der Waals surface area contributed by atoms with Gasteiger partial charge in [0.1, 0.15) is 6.04 Å². The van der Waals surface area contributed by atoms with Crippen LogP contribution in [-0.2, 0) is 16.1 Å². The number of hydrogen-bond acceptors (Lipinski definition) is 5. The van der Waals surface area contributed by atoms with Gasteiger partial charge in [0.25, 0.3) is 11.8 Å². The third-order valence-corrected chi connectivity index (χ3v) is 5.20. The maximum Gasteiger partial charge on any atom is 0.490 e. The zero-order chi connectivity index (χ0) is 27.7. The highest BCUT2D eigenvalue weighted by molar-refractivity contribution is 6.02. The monoisotopic (exact) mass is 524 g/mol. The van der Waals surface area contributed by atoms with Crippen LogP contribution in [0.25, 0.3) is 10.9 Å². The van der Waals surface area contributed by atoms with Gasteiger partial charge in [0.15, 0.2) is 0 Å². The Balaban J connectivity index is 0.000000505. The third kappa shape index (κ3) is 7.61. The predicted octanol–water partition coefficient (Wildman–Crippen LogP) is 4.44. The minimum absolute atomic E-state index is 0.332. The Morgan fingerprint density at radius 1 is 0.921 bits per heavy atom. The van der Waals surface area contributed by atoms with Crippen LogP contribution < -0.4 is 16.4 Å². The number of nitrogens with two attached hydrogens (primary N) is 1. The smallest absolute Gasteiger partial charge is 0.475 e. The topological polar surface area (TPSA) is 134 Å². The van der Waals surface area contributed by atoms with E-state index in [1.165, 1.54) is 0 Å². The number of aliphatic carboxylic acids is 1. The lowest BCUT2D eigenvalue weighted by molar-refractivity contribution is -0.192. The maximum atomic E-state index is 13.2. The van der Waals surface area contributed by atoms with Gasteiger partial charge in [-0.25, -0.2) is 4.79 Å². The van der Waals surface area contributed by atoms with E-state index in [1.54, 1.807) is 36.5 Å². The summed E-state index contributed by atoms with van der Waals surface area (Å²) >= 11 is 0. The van der Waals surface area contributed by atoms with Crippen molar-refractivity contribution in [2.45, 2.75) is 18.8 Å². The van der Waals surface area contributed by atoms with E-state index in [4.69, 9.17) is 15.6 Å². The van der Waals surface area contributed by atoms with E-state index in [0.717, 1.165) is 16.5 Å². The summed E-state index contributed by atoms with van der Waals surface area (Å²) in [6.45, 7) is 0.332. The molecular formula is C27H23F3N4O4. The lowest BCUT2D eigenvalue weighted by atomic mass is 10.0. The molecule has 0 aliphatic carbocycles. The second kappa shape index (κ2) is 12.5. The minimum Gasteiger partial charge on any atom is -0.475 e. The number of nitrogens with one attached hydrogen (secondary N) is 2. The lowest BCUT2D eigenvalue weighted by Crippen LogP contribution is -2.37. The van der Waals surface area contributed by atoms with Gasteiger partial charge in [-0.3, -0.25) is 14.6 Å². The summed E-state index contributed by atoms with van der Waals surface area (Å²) in [4.78, 5) is 39.3. The number of carbonyl (C=O) groups excluding carboxylic acids is 2. The number of anilines is 1. The van der Waals surface area contributed by atoms with Crippen molar-refractivity contribution in [3.63, 3.8) is 0 Å². The number of fused-ring (bicyclic) bond motifs is 1. The molecule has 0 aliphatic heterocycles. The van der Waals surface area contributed by atoms with Crippen LogP contribution in [-0.4, -0.2) is 34.1 Å². The quantitative estimate of drug-likeness (QED) is 0.295. The Kier molecular flexibility index (Phi) is 9.12. The molecule has 3 aromatic carbocycles. The second-order valence-electron chi connectivity index (χ2n) is 7.93. The number of halogens is 3. The minimum atomic E-state index is -5.08. The summed E-state index contributed by atoms with van der Waals surface area (Å²) in [6, 6.07) is 24.8. The molecule has 0 radical (unpaired) electrons. The molecule has 0 saturated carbocycles. The molecule has 196 valence electrons. The number of pyridine rings is 1. The van der Waals surface area contributed by atoms with E-state index in [0.29, 0.717) is 23.4 Å². The largest absolute Gasteiger partial charge is 0.490 e. The van der Waals surface area contributed by atoms with Crippen LogP contribution in [0.3, 0.4) is 0 Å². The number of para-hydroxylation sites is 1. The predicted molar refractivity (Wildman–Crippen MR) is 135 cm³/mol. The highest BCUT2D eigenvalue weighted by atomic mass is 19.4. The molecule has 5 N–H and O–H groups in total. The van der Waals surface area contributed by atoms with E-state index >= 15 is 0 Å². The number of amides is 2. The maximum absolute atomic E-state index is 13.2. The molecule has 0 spiro atoms. The van der Waals surface area contributed by atoms with Crippen molar-refractivity contribution >= 4 is 34.4 Å². The van der Waals surface area contributed by atoms with Crippen molar-refractivity contribution in [1.29, 1.82) is 0 Å². The molecule has 4 aromatic rings. The van der Waals surface area contributed by atoms with E-state index < -0.39 is 18.2 Å². The summed E-state index contributed by atoms with van der Waals surface area (Å²) < 4.78 is 31.7. The summed E-state index contributed by atoms with van der Waals surface area (Å²) in [5.41, 5.74) is 9.05. The fourth-order valence-corrected chi connectivity index (χ4v) is 3.35. The fraction of sp³-hybridized carbons (Fsp3) is 0.111. The van der Waals surface area contributed by atoms with Crippen LogP contribution in [0.2, 0.25) is 0 Å². The van der Waals surface area contributed by atoms with Gasteiger partial charge < -0.3 is 21.5 Å². The van der Waals surface area contributed by atoms with Gasteiger partial charge in [0, 0.05) is 17.5 Å². The van der Waals surface area contributed by atoms with Crippen LogP contribution in [0.5, 0.6) is 0 Å². The number of carbonyl (C=O) groups is 3. The zero-order valence-corrected chi connectivity index (χ0v) is 19.8. The molecule has 0 bridgehead atoms. The number of aromatic nitrogens is 1. The van der Waals surface area contributed by atoms with E-state index in [2.05, 4.69) is 15.6 Å². The number of benzene rings is 3. The molecule has 0 saturated heterocycles. The van der Waals surface area contributed by atoms with Crippen LogP contribution in [0.1, 0.15) is 27.5 Å². The van der Waals surface area contributed by atoms with Gasteiger partial charge >= 0.3 is 12.1 Å². The molecule has 0 aliphatic rings. The molecule has 4 rings (SSSR count). The lowest BCUT2D eigenvalue weighted by Gasteiger charge is -2.19. The molecule has 38 heavy (non-hydrogen) atoms. The Morgan fingerprint density at radius 2 is 1.58 bits per heavy atom. The Hall–Kier alpha value is -4.77. The Bertz CT molecular complexity index is 1430. The van der Waals surface area contributed by atoms with Crippen molar-refractivity contribution in [3.8, 4) is 0 Å². The molecule has 1 heterocycles. The molecular weight excluding hydrogens is 501 g/mol. The number of nitrogens with zero attached hydrogens (tertiary/aromatic N) is 1. The zero-order valence-electron chi connectivity index (χ0n) is 19.8. The van der Waals surface area contributed by atoms with Gasteiger partial charge in [-0.2, -0.15) is 13.2 Å². The fourth-order valence-electron chi connectivity index (χ4n) is 3.35. The summed E-state index contributed by atoms with van der Waals surface area (Å²) in [5.74, 6) is -3.46.